The van der Waals surface area contributed by atoms with Crippen molar-refractivity contribution in [1.29, 1.82) is 0 Å². The van der Waals surface area contributed by atoms with Crippen LogP contribution < -0.4 is 19.1 Å². The lowest BCUT2D eigenvalue weighted by atomic mass is 10.1. The summed E-state index contributed by atoms with van der Waals surface area (Å²) in [5, 5.41) is 2.78. The Morgan fingerprint density at radius 1 is 1.08 bits per heavy atom. The summed E-state index contributed by atoms with van der Waals surface area (Å²) in [5.41, 5.74) is 0.430. The zero-order valence-electron chi connectivity index (χ0n) is 20.9. The summed E-state index contributed by atoms with van der Waals surface area (Å²) in [4.78, 5) is 27.6. The largest absolute Gasteiger partial charge is 0.454 e. The van der Waals surface area contributed by atoms with E-state index in [2.05, 4.69) is 5.32 Å². The zero-order chi connectivity index (χ0) is 26.5. The van der Waals surface area contributed by atoms with Crippen LogP contribution in [0.4, 0.5) is 10.1 Å². The van der Waals surface area contributed by atoms with E-state index in [-0.39, 0.29) is 36.3 Å². The molecule has 1 atom stereocenters. The molecule has 0 radical (unpaired) electrons. The molecule has 36 heavy (non-hydrogen) atoms. The van der Waals surface area contributed by atoms with E-state index >= 15 is 0 Å². The number of anilines is 1. The Morgan fingerprint density at radius 3 is 2.44 bits per heavy atom. The number of nitrogens with zero attached hydrogens (tertiary/aromatic N) is 2. The molecule has 2 aromatic carbocycles. The maximum Gasteiger partial charge on any atom is 0.244 e. The van der Waals surface area contributed by atoms with Gasteiger partial charge in [0.05, 0.1) is 11.4 Å². The molecule has 1 aliphatic rings. The third kappa shape index (κ3) is 6.45. The Balaban J connectivity index is 1.93. The van der Waals surface area contributed by atoms with Gasteiger partial charge in [-0.05, 0) is 38.0 Å². The van der Waals surface area contributed by atoms with Gasteiger partial charge in [-0.1, -0.05) is 32.0 Å². The van der Waals surface area contributed by atoms with Crippen molar-refractivity contribution in [1.82, 2.24) is 10.2 Å². The number of fused-ring (bicyclic) bond motifs is 1. The summed E-state index contributed by atoms with van der Waals surface area (Å²) in [7, 11) is -3.89. The molecule has 0 spiro atoms. The Morgan fingerprint density at radius 2 is 1.78 bits per heavy atom. The van der Waals surface area contributed by atoms with Crippen molar-refractivity contribution < 1.29 is 31.9 Å². The van der Waals surface area contributed by atoms with Gasteiger partial charge in [0, 0.05) is 24.7 Å². The van der Waals surface area contributed by atoms with Crippen LogP contribution in [0.1, 0.15) is 33.3 Å². The second-order valence-electron chi connectivity index (χ2n) is 8.87. The van der Waals surface area contributed by atoms with Gasteiger partial charge >= 0.3 is 0 Å². The van der Waals surface area contributed by atoms with Gasteiger partial charge in [-0.15, -0.1) is 0 Å². The van der Waals surface area contributed by atoms with E-state index in [9.17, 15) is 22.4 Å². The first-order valence-corrected chi connectivity index (χ1v) is 13.3. The van der Waals surface area contributed by atoms with Gasteiger partial charge in [-0.3, -0.25) is 13.9 Å². The molecule has 11 heteroatoms. The summed E-state index contributed by atoms with van der Waals surface area (Å²) >= 11 is 0. The van der Waals surface area contributed by atoms with E-state index in [0.717, 1.165) is 4.31 Å². The molecule has 1 heterocycles. The molecule has 2 aromatic rings. The summed E-state index contributed by atoms with van der Waals surface area (Å²) < 4.78 is 52.1. The van der Waals surface area contributed by atoms with Crippen molar-refractivity contribution in [3.05, 3.63) is 53.8 Å². The van der Waals surface area contributed by atoms with Gasteiger partial charge in [-0.25, -0.2) is 12.8 Å². The molecule has 0 aliphatic carbocycles. The van der Waals surface area contributed by atoms with Crippen molar-refractivity contribution >= 4 is 27.5 Å². The third-order valence-corrected chi connectivity index (χ3v) is 7.52. The number of hydrogen-bond donors (Lipinski definition) is 1. The van der Waals surface area contributed by atoms with Crippen molar-refractivity contribution in [3.8, 4) is 11.5 Å². The van der Waals surface area contributed by atoms with E-state index < -0.39 is 40.2 Å². The van der Waals surface area contributed by atoms with Crippen molar-refractivity contribution in [2.75, 3.05) is 29.9 Å². The van der Waals surface area contributed by atoms with Crippen molar-refractivity contribution in [3.63, 3.8) is 0 Å². The molecule has 9 nitrogen and oxygen atoms in total. The SMILES string of the molecule is CCS(=O)(=O)N(CC(=O)N(Cc1ccccc1F)C(C)C(=O)NCC(C)C)c1ccc2c(c1)OCO2. The fourth-order valence-electron chi connectivity index (χ4n) is 3.61. The number of rotatable bonds is 11. The van der Waals surface area contributed by atoms with Gasteiger partial charge in [-0.2, -0.15) is 0 Å². The number of benzene rings is 2. The summed E-state index contributed by atoms with van der Waals surface area (Å²) in [6.45, 7) is 6.51. The average molecular weight is 522 g/mol. The lowest BCUT2D eigenvalue weighted by molar-refractivity contribution is -0.139. The molecule has 1 aliphatic heterocycles. The van der Waals surface area contributed by atoms with Crippen LogP contribution in [0.5, 0.6) is 11.5 Å². The number of halogens is 1. The maximum atomic E-state index is 14.5. The summed E-state index contributed by atoms with van der Waals surface area (Å²) in [6.07, 6.45) is 0. The van der Waals surface area contributed by atoms with Crippen LogP contribution in [-0.2, 0) is 26.2 Å². The predicted molar refractivity (Wildman–Crippen MR) is 134 cm³/mol. The molecular weight excluding hydrogens is 489 g/mol. The van der Waals surface area contributed by atoms with Crippen LogP contribution in [-0.4, -0.2) is 56.8 Å². The number of amides is 2. The van der Waals surface area contributed by atoms with E-state index in [1.165, 1.54) is 49.1 Å². The molecule has 0 saturated carbocycles. The molecule has 0 bridgehead atoms. The van der Waals surface area contributed by atoms with E-state index in [4.69, 9.17) is 9.47 Å². The fraction of sp³-hybridized carbons (Fsp3) is 0.440. The number of carbonyl (C=O) groups is 2. The number of nitrogens with one attached hydrogen (secondary N) is 1. The van der Waals surface area contributed by atoms with Gasteiger partial charge in [0.2, 0.25) is 28.6 Å². The normalized spacial score (nSPS) is 13.4. The number of hydrogen-bond acceptors (Lipinski definition) is 6. The average Bonchev–Trinajstić information content (AvgIpc) is 3.32. The van der Waals surface area contributed by atoms with Gasteiger partial charge in [0.15, 0.2) is 11.5 Å². The van der Waals surface area contributed by atoms with Gasteiger partial charge in [0.1, 0.15) is 18.4 Å². The van der Waals surface area contributed by atoms with Crippen LogP contribution in [0, 0.1) is 11.7 Å². The first-order valence-electron chi connectivity index (χ1n) is 11.7. The standard InChI is InChI=1S/C25H32FN3O6S/c1-5-36(32,33)29(20-10-11-22-23(12-20)35-16-34-22)15-24(30)28(14-19-8-6-7-9-21(19)26)18(4)25(31)27-13-17(2)3/h6-12,17-18H,5,13-16H2,1-4H3,(H,27,31). The number of ether oxygens (including phenoxy) is 2. The second kappa shape index (κ2) is 11.6. The Bertz CT molecular complexity index is 1200. The van der Waals surface area contributed by atoms with Gasteiger partial charge < -0.3 is 19.7 Å². The molecule has 2 amide bonds. The van der Waals surface area contributed by atoms with Crippen molar-refractivity contribution in [2.45, 2.75) is 40.3 Å². The summed E-state index contributed by atoms with van der Waals surface area (Å²) in [6, 6.07) is 9.55. The molecule has 0 saturated heterocycles. The van der Waals surface area contributed by atoms with Crippen molar-refractivity contribution in [2.24, 2.45) is 5.92 Å². The lowest BCUT2D eigenvalue weighted by Gasteiger charge is -2.32. The first-order chi connectivity index (χ1) is 17.0. The third-order valence-electron chi connectivity index (χ3n) is 5.77. The monoisotopic (exact) mass is 521 g/mol. The molecule has 1 unspecified atom stereocenters. The molecule has 196 valence electrons. The van der Waals surface area contributed by atoms with Crippen LogP contribution in [0.25, 0.3) is 0 Å². The zero-order valence-corrected chi connectivity index (χ0v) is 21.7. The highest BCUT2D eigenvalue weighted by molar-refractivity contribution is 7.92. The summed E-state index contributed by atoms with van der Waals surface area (Å²) in [5.74, 6) is -0.836. The van der Waals surface area contributed by atoms with Gasteiger partial charge in [0.25, 0.3) is 0 Å². The smallest absolute Gasteiger partial charge is 0.244 e. The number of sulfonamides is 1. The predicted octanol–water partition coefficient (Wildman–Crippen LogP) is 2.90. The molecule has 3 rings (SSSR count). The minimum absolute atomic E-state index is 0.0116. The highest BCUT2D eigenvalue weighted by Gasteiger charge is 2.32. The van der Waals surface area contributed by atoms with Crippen LogP contribution in [0.2, 0.25) is 0 Å². The minimum Gasteiger partial charge on any atom is -0.454 e. The van der Waals surface area contributed by atoms with Crippen LogP contribution in [0.3, 0.4) is 0 Å². The molecule has 0 aromatic heterocycles. The Hall–Kier alpha value is -3.34. The topological polar surface area (TPSA) is 105 Å². The van der Waals surface area contributed by atoms with Crippen LogP contribution in [0.15, 0.2) is 42.5 Å². The highest BCUT2D eigenvalue weighted by atomic mass is 32.2. The lowest BCUT2D eigenvalue weighted by Crippen LogP contribution is -2.51. The molecule has 1 N–H and O–H groups in total. The van der Waals surface area contributed by atoms with E-state index in [1.54, 1.807) is 12.1 Å². The fourth-order valence-corrected chi connectivity index (χ4v) is 4.66. The quantitative estimate of drug-likeness (QED) is 0.488. The van der Waals surface area contributed by atoms with Crippen LogP contribution >= 0.6 is 0 Å². The first kappa shape index (κ1) is 27.3. The molecule has 0 fully saturated rings. The Kier molecular flexibility index (Phi) is 8.78. The Labute approximate surface area is 211 Å². The number of carbonyl (C=O) groups excluding carboxylic acids is 2. The van der Waals surface area contributed by atoms with E-state index in [0.29, 0.717) is 18.0 Å². The highest BCUT2D eigenvalue weighted by Crippen LogP contribution is 2.36. The molecular formula is C25H32FN3O6S. The maximum absolute atomic E-state index is 14.5. The second-order valence-corrected chi connectivity index (χ2v) is 11.1. The minimum atomic E-state index is -3.89. The van der Waals surface area contributed by atoms with E-state index in [1.807, 2.05) is 13.8 Å².